The van der Waals surface area contributed by atoms with Crippen molar-refractivity contribution < 1.29 is 9.90 Å². The molecule has 1 rings (SSSR count). The number of nitrogens with one attached hydrogen (secondary N) is 1. The summed E-state index contributed by atoms with van der Waals surface area (Å²) in [6.45, 7) is 2.69. The second kappa shape index (κ2) is 4.30. The molecule has 1 heterocycles. The third-order valence-electron chi connectivity index (χ3n) is 2.26. The zero-order valence-corrected chi connectivity index (χ0v) is 7.42. The van der Waals surface area contributed by atoms with Gasteiger partial charge in [-0.25, -0.2) is 4.79 Å². The molecule has 1 amide bonds. The minimum atomic E-state index is -0.833. The van der Waals surface area contributed by atoms with Crippen LogP contribution in [0.25, 0.3) is 0 Å². The molecule has 2 N–H and O–H groups in total. The number of carbonyl (C=O) groups is 1. The summed E-state index contributed by atoms with van der Waals surface area (Å²) in [5.41, 5.74) is 0. The fourth-order valence-corrected chi connectivity index (χ4v) is 1.55. The fourth-order valence-electron chi connectivity index (χ4n) is 1.55. The highest BCUT2D eigenvalue weighted by atomic mass is 16.4. The van der Waals surface area contributed by atoms with Crippen molar-refractivity contribution >= 4 is 6.09 Å². The van der Waals surface area contributed by atoms with Crippen LogP contribution in [0.5, 0.6) is 0 Å². The smallest absolute Gasteiger partial charge is 0.407 e. The van der Waals surface area contributed by atoms with Crippen LogP contribution in [0.4, 0.5) is 4.79 Å². The number of hydrogen-bond acceptors (Lipinski definition) is 2. The Bertz CT molecular complexity index is 155. The number of rotatable bonds is 2. The molecule has 1 atom stereocenters. The third kappa shape index (κ3) is 2.70. The van der Waals surface area contributed by atoms with E-state index in [1.54, 1.807) is 7.05 Å². The Labute approximate surface area is 72.6 Å². The summed E-state index contributed by atoms with van der Waals surface area (Å²) in [5.74, 6) is 0.500. The van der Waals surface area contributed by atoms with E-state index in [1.807, 2.05) is 0 Å². The molecule has 0 bridgehead atoms. The molecule has 0 aromatic heterocycles. The average molecular weight is 172 g/mol. The Balaban J connectivity index is 2.24. The van der Waals surface area contributed by atoms with Crippen molar-refractivity contribution in [1.82, 2.24) is 10.2 Å². The lowest BCUT2D eigenvalue weighted by molar-refractivity contribution is 0.145. The first kappa shape index (κ1) is 9.32. The highest BCUT2D eigenvalue weighted by Gasteiger charge is 2.16. The number of hydrogen-bond donors (Lipinski definition) is 2. The summed E-state index contributed by atoms with van der Waals surface area (Å²) in [5, 5.41) is 11.9. The normalized spacial score (nSPS) is 23.6. The first-order chi connectivity index (χ1) is 5.70. The number of carboxylic acid groups (broad SMARTS) is 1. The summed E-state index contributed by atoms with van der Waals surface area (Å²) in [7, 11) is 1.62. The summed E-state index contributed by atoms with van der Waals surface area (Å²) >= 11 is 0. The molecule has 0 spiro atoms. The molecule has 70 valence electrons. The molecule has 4 nitrogen and oxygen atoms in total. The largest absolute Gasteiger partial charge is 0.465 e. The maximum Gasteiger partial charge on any atom is 0.407 e. The first-order valence-corrected chi connectivity index (χ1v) is 4.35. The molecule has 0 aromatic rings. The van der Waals surface area contributed by atoms with Gasteiger partial charge in [-0.3, -0.25) is 0 Å². The predicted molar refractivity (Wildman–Crippen MR) is 46.2 cm³/mol. The maximum atomic E-state index is 10.5. The molecule has 0 radical (unpaired) electrons. The zero-order valence-electron chi connectivity index (χ0n) is 7.42. The molecule has 0 saturated carbocycles. The van der Waals surface area contributed by atoms with Crippen molar-refractivity contribution in [3.63, 3.8) is 0 Å². The van der Waals surface area contributed by atoms with Crippen LogP contribution >= 0.6 is 0 Å². The van der Waals surface area contributed by atoms with E-state index in [4.69, 9.17) is 5.11 Å². The van der Waals surface area contributed by atoms with E-state index in [0.717, 1.165) is 25.9 Å². The van der Waals surface area contributed by atoms with E-state index in [-0.39, 0.29) is 0 Å². The van der Waals surface area contributed by atoms with Gasteiger partial charge in [0.05, 0.1) is 0 Å². The van der Waals surface area contributed by atoms with Crippen molar-refractivity contribution in [2.45, 2.75) is 12.8 Å². The molecule has 12 heavy (non-hydrogen) atoms. The number of piperidine rings is 1. The van der Waals surface area contributed by atoms with Gasteiger partial charge in [0.1, 0.15) is 0 Å². The number of amides is 1. The Kier molecular flexibility index (Phi) is 3.34. The van der Waals surface area contributed by atoms with Crippen LogP contribution in [0.15, 0.2) is 0 Å². The SMILES string of the molecule is CN(CC1CCCNC1)C(=O)O. The Morgan fingerprint density at radius 1 is 1.75 bits per heavy atom. The molecule has 1 saturated heterocycles. The molecule has 1 unspecified atom stereocenters. The van der Waals surface area contributed by atoms with E-state index < -0.39 is 6.09 Å². The van der Waals surface area contributed by atoms with Gasteiger partial charge in [-0.2, -0.15) is 0 Å². The van der Waals surface area contributed by atoms with Crippen LogP contribution in [0.3, 0.4) is 0 Å². The van der Waals surface area contributed by atoms with Gasteiger partial charge in [-0.05, 0) is 31.8 Å². The van der Waals surface area contributed by atoms with Crippen molar-refractivity contribution in [3.8, 4) is 0 Å². The molecule has 0 aromatic carbocycles. The molecule has 0 aliphatic carbocycles. The lowest BCUT2D eigenvalue weighted by Crippen LogP contribution is -2.38. The molecule has 1 aliphatic rings. The zero-order chi connectivity index (χ0) is 8.97. The monoisotopic (exact) mass is 172 g/mol. The highest BCUT2D eigenvalue weighted by Crippen LogP contribution is 2.10. The average Bonchev–Trinajstić information content (AvgIpc) is 2.06. The highest BCUT2D eigenvalue weighted by molar-refractivity contribution is 5.64. The molecule has 1 fully saturated rings. The van der Waals surface area contributed by atoms with Gasteiger partial charge in [0.25, 0.3) is 0 Å². The lowest BCUT2D eigenvalue weighted by atomic mass is 9.99. The maximum absolute atomic E-state index is 10.5. The van der Waals surface area contributed by atoms with Gasteiger partial charge in [0.2, 0.25) is 0 Å². The van der Waals surface area contributed by atoms with Crippen LogP contribution in [-0.4, -0.2) is 42.8 Å². The van der Waals surface area contributed by atoms with Gasteiger partial charge in [0, 0.05) is 13.6 Å². The quantitative estimate of drug-likeness (QED) is 0.641. The Hall–Kier alpha value is -0.770. The minimum Gasteiger partial charge on any atom is -0.465 e. The van der Waals surface area contributed by atoms with E-state index in [0.29, 0.717) is 12.5 Å². The molecule has 1 aliphatic heterocycles. The molecular weight excluding hydrogens is 156 g/mol. The summed E-state index contributed by atoms with van der Waals surface area (Å²) < 4.78 is 0. The summed E-state index contributed by atoms with van der Waals surface area (Å²) in [6, 6.07) is 0. The van der Waals surface area contributed by atoms with Crippen LogP contribution in [0.1, 0.15) is 12.8 Å². The number of nitrogens with zero attached hydrogens (tertiary/aromatic N) is 1. The second-order valence-electron chi connectivity index (χ2n) is 3.38. The van der Waals surface area contributed by atoms with Crippen LogP contribution in [0.2, 0.25) is 0 Å². The van der Waals surface area contributed by atoms with Crippen LogP contribution in [0, 0.1) is 5.92 Å². The van der Waals surface area contributed by atoms with Gasteiger partial charge >= 0.3 is 6.09 Å². The summed E-state index contributed by atoms with van der Waals surface area (Å²) in [6.07, 6.45) is 1.48. The van der Waals surface area contributed by atoms with E-state index >= 15 is 0 Å². The second-order valence-corrected chi connectivity index (χ2v) is 3.38. The molecular formula is C8H16N2O2. The first-order valence-electron chi connectivity index (χ1n) is 4.35. The minimum absolute atomic E-state index is 0.500. The van der Waals surface area contributed by atoms with E-state index in [2.05, 4.69) is 5.32 Å². The van der Waals surface area contributed by atoms with E-state index in [9.17, 15) is 4.79 Å². The van der Waals surface area contributed by atoms with Gasteiger partial charge < -0.3 is 15.3 Å². The van der Waals surface area contributed by atoms with Crippen molar-refractivity contribution in [2.75, 3.05) is 26.7 Å². The van der Waals surface area contributed by atoms with Crippen LogP contribution < -0.4 is 5.32 Å². The fraction of sp³-hybridized carbons (Fsp3) is 0.875. The summed E-state index contributed by atoms with van der Waals surface area (Å²) in [4.78, 5) is 11.8. The topological polar surface area (TPSA) is 52.6 Å². The van der Waals surface area contributed by atoms with Gasteiger partial charge in [-0.1, -0.05) is 0 Å². The Morgan fingerprint density at radius 3 is 3.00 bits per heavy atom. The van der Waals surface area contributed by atoms with E-state index in [1.165, 1.54) is 4.90 Å². The molecule has 4 heteroatoms. The third-order valence-corrected chi connectivity index (χ3v) is 2.26. The van der Waals surface area contributed by atoms with Gasteiger partial charge in [0.15, 0.2) is 0 Å². The standard InChI is InChI=1S/C8H16N2O2/c1-10(8(11)12)6-7-3-2-4-9-5-7/h7,9H,2-6H2,1H3,(H,11,12). The van der Waals surface area contributed by atoms with Crippen molar-refractivity contribution in [3.05, 3.63) is 0 Å². The predicted octanol–water partition coefficient (Wildman–Crippen LogP) is 0.596. The van der Waals surface area contributed by atoms with Crippen molar-refractivity contribution in [1.29, 1.82) is 0 Å². The Morgan fingerprint density at radius 2 is 2.50 bits per heavy atom. The van der Waals surface area contributed by atoms with Crippen molar-refractivity contribution in [2.24, 2.45) is 5.92 Å². The lowest BCUT2D eigenvalue weighted by Gasteiger charge is -2.25. The van der Waals surface area contributed by atoms with Crippen LogP contribution in [-0.2, 0) is 0 Å². The van der Waals surface area contributed by atoms with Gasteiger partial charge in [-0.15, -0.1) is 0 Å².